The van der Waals surface area contributed by atoms with Crippen LogP contribution in [0, 0.1) is 0 Å². The van der Waals surface area contributed by atoms with Gasteiger partial charge in [-0.3, -0.25) is 4.98 Å². The maximum absolute atomic E-state index is 10.4. The van der Waals surface area contributed by atoms with Gasteiger partial charge < -0.3 is 9.90 Å². The van der Waals surface area contributed by atoms with E-state index in [-0.39, 0.29) is 57.8 Å². The largest absolute Gasteiger partial charge is 1.00 e. The molecule has 0 radical (unpaired) electrons. The van der Waals surface area contributed by atoms with E-state index in [2.05, 4.69) is 4.98 Å². The van der Waals surface area contributed by atoms with Crippen molar-refractivity contribution in [1.82, 2.24) is 4.98 Å². The minimum atomic E-state index is -1.10. The zero-order valence-corrected chi connectivity index (χ0v) is 11.6. The van der Waals surface area contributed by atoms with Crippen LogP contribution in [0.4, 0.5) is 0 Å². The Labute approximate surface area is 130 Å². The van der Waals surface area contributed by atoms with Crippen molar-refractivity contribution in [1.29, 1.82) is 0 Å². The van der Waals surface area contributed by atoms with Crippen molar-refractivity contribution >= 4 is 16.9 Å². The molecule has 1 aromatic heterocycles. The van der Waals surface area contributed by atoms with Gasteiger partial charge in [0.25, 0.3) is 0 Å². The predicted molar refractivity (Wildman–Crippen MR) is 50.5 cm³/mol. The predicted octanol–water partition coefficient (Wildman–Crippen LogP) is -2.47. The van der Waals surface area contributed by atoms with Crippen molar-refractivity contribution in [3.8, 4) is 0 Å². The van der Waals surface area contributed by atoms with Gasteiger partial charge in [0.2, 0.25) is 0 Å². The van der Waals surface area contributed by atoms with E-state index in [0.29, 0.717) is 5.69 Å². The normalized spacial score (nSPS) is 9.60. The van der Waals surface area contributed by atoms with Gasteiger partial charge in [0.05, 0.1) is 5.52 Å². The molecule has 0 unspecified atom stereocenters. The molecule has 2 rings (SSSR count). The number of para-hydroxylation sites is 1. The Balaban J connectivity index is 0.00000112. The van der Waals surface area contributed by atoms with Crippen LogP contribution in [0.3, 0.4) is 0 Å². The van der Waals surface area contributed by atoms with Crippen molar-refractivity contribution < 1.29 is 61.3 Å². The molecule has 70 valence electrons. The smallest absolute Gasteiger partial charge is 0.550 e. The number of aliphatic carboxylic acids is 1. The van der Waals surface area contributed by atoms with Gasteiger partial charge in [-0.2, -0.15) is 0 Å². The second-order valence-corrected chi connectivity index (χ2v) is 3.04. The van der Waals surface area contributed by atoms with E-state index in [9.17, 15) is 9.90 Å². The van der Waals surface area contributed by atoms with E-state index < -0.39 is 5.97 Å². The number of aromatic nitrogens is 1. The Morgan fingerprint density at radius 1 is 1.20 bits per heavy atom. The Morgan fingerprint density at radius 3 is 2.67 bits per heavy atom. The van der Waals surface area contributed by atoms with Gasteiger partial charge in [-0.05, 0) is 12.1 Å². The maximum Gasteiger partial charge on any atom is 1.00 e. The van der Waals surface area contributed by atoms with Gasteiger partial charge >= 0.3 is 51.4 Å². The maximum atomic E-state index is 10.4. The molecule has 0 fully saturated rings. The molecule has 0 aliphatic rings. The molecule has 2 aromatic rings. The first-order valence-electron chi connectivity index (χ1n) is 4.30. The average Bonchev–Trinajstić information content (AvgIpc) is 2.17. The molecule has 15 heavy (non-hydrogen) atoms. The second kappa shape index (κ2) is 5.72. The van der Waals surface area contributed by atoms with Crippen LogP contribution in [0.25, 0.3) is 10.9 Å². The molecule has 0 saturated heterocycles. The molecular formula is C11H8KNO2. The van der Waals surface area contributed by atoms with Crippen molar-refractivity contribution in [2.75, 3.05) is 0 Å². The number of hydrogen-bond acceptors (Lipinski definition) is 3. The average molecular weight is 225 g/mol. The molecule has 1 aromatic carbocycles. The molecular weight excluding hydrogens is 217 g/mol. The van der Waals surface area contributed by atoms with Gasteiger partial charge in [-0.15, -0.1) is 0 Å². The van der Waals surface area contributed by atoms with E-state index in [1.165, 1.54) is 0 Å². The third-order valence-corrected chi connectivity index (χ3v) is 1.98. The van der Waals surface area contributed by atoms with E-state index >= 15 is 0 Å². The molecule has 0 amide bonds. The summed E-state index contributed by atoms with van der Waals surface area (Å²) >= 11 is 0. The Kier molecular flexibility index (Phi) is 4.88. The molecule has 0 saturated carbocycles. The zero-order chi connectivity index (χ0) is 9.97. The first-order chi connectivity index (χ1) is 6.75. The number of nitrogens with zero attached hydrogens (tertiary/aromatic N) is 1. The van der Waals surface area contributed by atoms with Crippen LogP contribution in [-0.4, -0.2) is 11.0 Å². The number of carbonyl (C=O) groups excluding carboxylic acids is 1. The second-order valence-electron chi connectivity index (χ2n) is 3.04. The van der Waals surface area contributed by atoms with Gasteiger partial charge in [0, 0.05) is 23.5 Å². The standard InChI is InChI=1S/C11H9NO2.K/c13-11(14)7-9-6-5-8-3-1-2-4-10(8)12-9;/h1-6H,7H2,(H,13,14);/q;+1/p-1. The molecule has 0 aliphatic carbocycles. The van der Waals surface area contributed by atoms with Crippen molar-refractivity contribution in [2.24, 2.45) is 0 Å². The number of carboxylic acids is 1. The Bertz CT molecular complexity index is 485. The summed E-state index contributed by atoms with van der Waals surface area (Å²) in [7, 11) is 0. The molecule has 0 N–H and O–H groups in total. The van der Waals surface area contributed by atoms with Crippen molar-refractivity contribution in [3.05, 3.63) is 42.1 Å². The van der Waals surface area contributed by atoms with Gasteiger partial charge in [0.15, 0.2) is 0 Å². The number of fused-ring (bicyclic) bond motifs is 1. The summed E-state index contributed by atoms with van der Waals surface area (Å²) in [6, 6.07) is 11.2. The first kappa shape index (κ1) is 12.8. The first-order valence-corrected chi connectivity index (χ1v) is 4.30. The topological polar surface area (TPSA) is 53.0 Å². The molecule has 3 nitrogen and oxygen atoms in total. The van der Waals surface area contributed by atoms with Gasteiger partial charge in [-0.25, -0.2) is 0 Å². The third-order valence-electron chi connectivity index (χ3n) is 1.98. The Hall–Kier alpha value is -0.264. The number of hydrogen-bond donors (Lipinski definition) is 0. The quantitative estimate of drug-likeness (QED) is 0.532. The van der Waals surface area contributed by atoms with E-state index in [1.54, 1.807) is 6.07 Å². The van der Waals surface area contributed by atoms with Crippen LogP contribution in [-0.2, 0) is 11.2 Å². The van der Waals surface area contributed by atoms with Gasteiger partial charge in [-0.1, -0.05) is 24.3 Å². The number of pyridine rings is 1. The summed E-state index contributed by atoms with van der Waals surface area (Å²) in [5.74, 6) is -1.10. The van der Waals surface area contributed by atoms with Crippen LogP contribution in [0.5, 0.6) is 0 Å². The van der Waals surface area contributed by atoms with E-state index in [0.717, 1.165) is 10.9 Å². The summed E-state index contributed by atoms with van der Waals surface area (Å²) < 4.78 is 0. The van der Waals surface area contributed by atoms with Crippen molar-refractivity contribution in [3.63, 3.8) is 0 Å². The molecule has 0 bridgehead atoms. The summed E-state index contributed by atoms with van der Waals surface area (Å²) in [5, 5.41) is 11.4. The summed E-state index contributed by atoms with van der Waals surface area (Å²) in [5.41, 5.74) is 1.34. The number of carbonyl (C=O) groups is 1. The number of benzene rings is 1. The SMILES string of the molecule is O=C([O-])Cc1ccc2ccccc2n1.[K+]. The fraction of sp³-hybridized carbons (Fsp3) is 0.0909. The molecule has 1 heterocycles. The van der Waals surface area contributed by atoms with E-state index in [1.807, 2.05) is 30.3 Å². The van der Waals surface area contributed by atoms with Crippen LogP contribution < -0.4 is 56.5 Å². The van der Waals surface area contributed by atoms with Crippen LogP contribution >= 0.6 is 0 Å². The van der Waals surface area contributed by atoms with Crippen molar-refractivity contribution in [2.45, 2.75) is 6.42 Å². The number of carboxylic acid groups (broad SMARTS) is 1. The minimum Gasteiger partial charge on any atom is -0.550 e. The third kappa shape index (κ3) is 3.36. The monoisotopic (exact) mass is 225 g/mol. The summed E-state index contributed by atoms with van der Waals surface area (Å²) in [6.45, 7) is 0. The van der Waals surface area contributed by atoms with E-state index in [4.69, 9.17) is 0 Å². The molecule has 0 spiro atoms. The molecule has 0 aliphatic heterocycles. The minimum absolute atomic E-state index is 0. The molecule has 0 atom stereocenters. The van der Waals surface area contributed by atoms with Crippen LogP contribution in [0.2, 0.25) is 0 Å². The summed E-state index contributed by atoms with van der Waals surface area (Å²) in [6.07, 6.45) is -0.134. The number of rotatable bonds is 2. The van der Waals surface area contributed by atoms with Crippen LogP contribution in [0.15, 0.2) is 36.4 Å². The zero-order valence-electron chi connectivity index (χ0n) is 8.43. The van der Waals surface area contributed by atoms with Crippen LogP contribution in [0.1, 0.15) is 5.69 Å². The Morgan fingerprint density at radius 2 is 1.93 bits per heavy atom. The fourth-order valence-electron chi connectivity index (χ4n) is 1.35. The fourth-order valence-corrected chi connectivity index (χ4v) is 1.35. The molecule has 4 heteroatoms. The van der Waals surface area contributed by atoms with Gasteiger partial charge in [0.1, 0.15) is 0 Å². The summed E-state index contributed by atoms with van der Waals surface area (Å²) in [4.78, 5) is 14.5.